The molecule has 0 aromatic heterocycles. The van der Waals surface area contributed by atoms with E-state index in [9.17, 15) is 13.6 Å². The second-order valence-corrected chi connectivity index (χ2v) is 5.45. The number of halogens is 3. The molecule has 0 bridgehead atoms. The van der Waals surface area contributed by atoms with Crippen LogP contribution in [-0.4, -0.2) is 5.78 Å². The number of hydrogen-bond acceptors (Lipinski definition) is 2. The highest BCUT2D eigenvalue weighted by Gasteiger charge is 2.18. The lowest BCUT2D eigenvalue weighted by Gasteiger charge is -2.10. The molecular weight excluding hydrogens is 328 g/mol. The van der Waals surface area contributed by atoms with Crippen molar-refractivity contribution in [2.24, 2.45) is 0 Å². The number of hydrogen-bond donors (Lipinski definition) is 1. The molecule has 0 fully saturated rings. The molecule has 0 aliphatic heterocycles. The first kappa shape index (κ1) is 14.7. The number of aryl methyl sites for hydroxylation is 2. The molecule has 0 saturated heterocycles. The Morgan fingerprint density at radius 2 is 1.60 bits per heavy atom. The maximum Gasteiger partial charge on any atom is 0.195 e. The van der Waals surface area contributed by atoms with E-state index in [-0.39, 0.29) is 11.3 Å². The van der Waals surface area contributed by atoms with E-state index in [1.807, 2.05) is 6.92 Å². The maximum absolute atomic E-state index is 13.3. The molecule has 2 aromatic rings. The van der Waals surface area contributed by atoms with E-state index < -0.39 is 17.4 Å². The van der Waals surface area contributed by atoms with Crippen LogP contribution in [0.1, 0.15) is 27.0 Å². The summed E-state index contributed by atoms with van der Waals surface area (Å²) >= 11 is 3.38. The molecule has 0 saturated carbocycles. The van der Waals surface area contributed by atoms with Crippen LogP contribution in [0, 0.1) is 25.5 Å². The Hall–Kier alpha value is -1.75. The van der Waals surface area contributed by atoms with Gasteiger partial charge in [-0.2, -0.15) is 0 Å². The van der Waals surface area contributed by atoms with Gasteiger partial charge < -0.3 is 5.73 Å². The number of anilines is 1. The fourth-order valence-corrected chi connectivity index (χ4v) is 2.39. The lowest BCUT2D eigenvalue weighted by atomic mass is 9.96. The topological polar surface area (TPSA) is 43.1 Å². The van der Waals surface area contributed by atoms with Gasteiger partial charge in [0.1, 0.15) is 0 Å². The van der Waals surface area contributed by atoms with E-state index in [2.05, 4.69) is 15.9 Å². The number of carbonyl (C=O) groups excluding carboxylic acids is 1. The number of ketones is 1. The molecule has 104 valence electrons. The van der Waals surface area contributed by atoms with Crippen LogP contribution < -0.4 is 5.73 Å². The van der Waals surface area contributed by atoms with Crippen molar-refractivity contribution in [3.63, 3.8) is 0 Å². The summed E-state index contributed by atoms with van der Waals surface area (Å²) in [5, 5.41) is 0. The molecule has 0 spiro atoms. The van der Waals surface area contributed by atoms with Gasteiger partial charge in [0.05, 0.1) is 0 Å². The van der Waals surface area contributed by atoms with E-state index in [1.165, 1.54) is 0 Å². The van der Waals surface area contributed by atoms with E-state index in [4.69, 9.17) is 5.73 Å². The Morgan fingerprint density at radius 1 is 1.00 bits per heavy atom. The van der Waals surface area contributed by atoms with E-state index in [0.717, 1.165) is 27.7 Å². The lowest BCUT2D eigenvalue weighted by molar-refractivity contribution is 0.103. The van der Waals surface area contributed by atoms with Crippen LogP contribution in [0.5, 0.6) is 0 Å². The van der Waals surface area contributed by atoms with Crippen molar-refractivity contribution in [2.45, 2.75) is 13.8 Å². The van der Waals surface area contributed by atoms with E-state index in [0.29, 0.717) is 5.56 Å². The maximum atomic E-state index is 13.3. The van der Waals surface area contributed by atoms with Crippen LogP contribution in [0.2, 0.25) is 0 Å². The minimum absolute atomic E-state index is 0.0336. The Balaban J connectivity index is 2.57. The van der Waals surface area contributed by atoms with E-state index >= 15 is 0 Å². The Morgan fingerprint density at radius 3 is 2.25 bits per heavy atom. The van der Waals surface area contributed by atoms with Gasteiger partial charge in [0.25, 0.3) is 0 Å². The zero-order valence-electron chi connectivity index (χ0n) is 10.9. The molecule has 5 heteroatoms. The van der Waals surface area contributed by atoms with Gasteiger partial charge >= 0.3 is 0 Å². The van der Waals surface area contributed by atoms with Crippen molar-refractivity contribution in [3.8, 4) is 0 Å². The fraction of sp³-hybridized carbons (Fsp3) is 0.133. The summed E-state index contributed by atoms with van der Waals surface area (Å²) < 4.78 is 27.2. The standard InChI is InChI=1S/C15H12BrF2NO/c1-7-4-11(16)8(2)3-9(7)15(20)10-5-12(17)13(18)6-14(10)19/h3-6H,19H2,1-2H3. The molecule has 0 aliphatic rings. The average molecular weight is 340 g/mol. The zero-order valence-corrected chi connectivity index (χ0v) is 12.5. The minimum atomic E-state index is -1.09. The Kier molecular flexibility index (Phi) is 3.90. The lowest BCUT2D eigenvalue weighted by Crippen LogP contribution is -2.09. The molecule has 2 rings (SSSR count). The van der Waals surface area contributed by atoms with Gasteiger partial charge in [0.15, 0.2) is 17.4 Å². The second kappa shape index (κ2) is 5.32. The summed E-state index contributed by atoms with van der Waals surface area (Å²) in [4.78, 5) is 12.4. The Labute approximate surface area is 123 Å². The first-order chi connectivity index (χ1) is 9.31. The number of rotatable bonds is 2. The average Bonchev–Trinajstić information content (AvgIpc) is 2.37. The summed E-state index contributed by atoms with van der Waals surface area (Å²) in [6, 6.07) is 5.16. The third-order valence-corrected chi connectivity index (χ3v) is 3.94. The highest BCUT2D eigenvalue weighted by atomic mass is 79.9. The summed E-state index contributed by atoms with van der Waals surface area (Å²) in [5.41, 5.74) is 7.53. The van der Waals surface area contributed by atoms with Crippen LogP contribution in [-0.2, 0) is 0 Å². The third kappa shape index (κ3) is 2.58. The molecule has 2 nitrogen and oxygen atoms in total. The van der Waals surface area contributed by atoms with Gasteiger partial charge in [0.2, 0.25) is 0 Å². The second-order valence-electron chi connectivity index (χ2n) is 4.60. The monoisotopic (exact) mass is 339 g/mol. The smallest absolute Gasteiger partial charge is 0.195 e. The molecule has 0 unspecified atom stereocenters. The summed E-state index contributed by atoms with van der Waals surface area (Å²) in [7, 11) is 0. The molecule has 0 heterocycles. The van der Waals surface area contributed by atoms with Gasteiger partial charge in [0, 0.05) is 27.4 Å². The predicted octanol–water partition coefficient (Wildman–Crippen LogP) is 4.16. The van der Waals surface area contributed by atoms with Crippen molar-refractivity contribution in [1.82, 2.24) is 0 Å². The van der Waals surface area contributed by atoms with Crippen LogP contribution in [0.4, 0.5) is 14.5 Å². The summed E-state index contributed by atoms with van der Waals surface area (Å²) in [5.74, 6) is -2.58. The molecular formula is C15H12BrF2NO. The molecule has 0 aliphatic carbocycles. The fourth-order valence-electron chi connectivity index (χ4n) is 1.93. The van der Waals surface area contributed by atoms with Crippen molar-refractivity contribution in [3.05, 3.63) is 62.6 Å². The van der Waals surface area contributed by atoms with Gasteiger partial charge in [-0.1, -0.05) is 15.9 Å². The van der Waals surface area contributed by atoms with Gasteiger partial charge in [-0.15, -0.1) is 0 Å². The number of benzene rings is 2. The first-order valence-corrected chi connectivity index (χ1v) is 6.66. The van der Waals surface area contributed by atoms with Crippen molar-refractivity contribution in [1.29, 1.82) is 0 Å². The molecule has 2 N–H and O–H groups in total. The quantitative estimate of drug-likeness (QED) is 0.659. The molecule has 20 heavy (non-hydrogen) atoms. The first-order valence-electron chi connectivity index (χ1n) is 5.87. The van der Waals surface area contributed by atoms with Gasteiger partial charge in [-0.25, -0.2) is 8.78 Å². The highest BCUT2D eigenvalue weighted by molar-refractivity contribution is 9.10. The minimum Gasteiger partial charge on any atom is -0.398 e. The van der Waals surface area contributed by atoms with Crippen LogP contribution in [0.3, 0.4) is 0 Å². The largest absolute Gasteiger partial charge is 0.398 e. The zero-order chi connectivity index (χ0) is 15.0. The molecule has 2 aromatic carbocycles. The van der Waals surface area contributed by atoms with Crippen molar-refractivity contribution < 1.29 is 13.6 Å². The number of nitrogen functional groups attached to an aromatic ring is 1. The summed E-state index contributed by atoms with van der Waals surface area (Å²) in [6.45, 7) is 3.61. The number of nitrogens with two attached hydrogens (primary N) is 1. The molecule has 0 atom stereocenters. The predicted molar refractivity (Wildman–Crippen MR) is 77.8 cm³/mol. The molecule has 0 radical (unpaired) electrons. The third-order valence-electron chi connectivity index (χ3n) is 3.09. The SMILES string of the molecule is Cc1cc(C(=O)c2cc(F)c(F)cc2N)c(C)cc1Br. The van der Waals surface area contributed by atoms with Gasteiger partial charge in [-0.3, -0.25) is 4.79 Å². The molecule has 0 amide bonds. The van der Waals surface area contributed by atoms with E-state index in [1.54, 1.807) is 19.1 Å². The number of carbonyl (C=O) groups is 1. The van der Waals surface area contributed by atoms with Crippen molar-refractivity contribution >= 4 is 27.4 Å². The van der Waals surface area contributed by atoms with Crippen LogP contribution >= 0.6 is 15.9 Å². The summed E-state index contributed by atoms with van der Waals surface area (Å²) in [6.07, 6.45) is 0. The van der Waals surface area contributed by atoms with Crippen LogP contribution in [0.15, 0.2) is 28.7 Å². The van der Waals surface area contributed by atoms with Crippen LogP contribution in [0.25, 0.3) is 0 Å². The van der Waals surface area contributed by atoms with Gasteiger partial charge in [-0.05, 0) is 43.2 Å². The normalized spacial score (nSPS) is 10.7. The van der Waals surface area contributed by atoms with Crippen molar-refractivity contribution in [2.75, 3.05) is 5.73 Å². The highest BCUT2D eigenvalue weighted by Crippen LogP contribution is 2.26. The Bertz CT molecular complexity index is 654.